The number of phenols is 1. The van der Waals surface area contributed by atoms with Crippen LogP contribution in [0.3, 0.4) is 0 Å². The molecule has 0 unspecified atom stereocenters. The van der Waals surface area contributed by atoms with Gasteiger partial charge >= 0.3 is 0 Å². The topological polar surface area (TPSA) is 38.7 Å². The van der Waals surface area contributed by atoms with E-state index in [4.69, 9.17) is 14.6 Å². The number of aromatic hydroxyl groups is 1. The molecule has 0 radical (unpaired) electrons. The third-order valence-corrected chi connectivity index (χ3v) is 1.51. The molecule has 1 aliphatic rings. The average Bonchev–Trinajstić information content (AvgIpc) is 2.27. The SMILES string of the molecule is C[C@@H]1Oc2ccc(O)cc2O1. The zero-order chi connectivity index (χ0) is 7.84. The van der Waals surface area contributed by atoms with Gasteiger partial charge in [-0.2, -0.15) is 0 Å². The van der Waals surface area contributed by atoms with E-state index < -0.39 is 0 Å². The van der Waals surface area contributed by atoms with Crippen LogP contribution in [0.1, 0.15) is 6.92 Å². The molecule has 1 aliphatic heterocycles. The number of benzene rings is 1. The lowest BCUT2D eigenvalue weighted by molar-refractivity contribution is 0.0678. The highest BCUT2D eigenvalue weighted by molar-refractivity contribution is 5.46. The monoisotopic (exact) mass is 152 g/mol. The van der Waals surface area contributed by atoms with Gasteiger partial charge in [0, 0.05) is 13.0 Å². The van der Waals surface area contributed by atoms with Crippen molar-refractivity contribution in [1.29, 1.82) is 0 Å². The zero-order valence-electron chi connectivity index (χ0n) is 6.07. The Labute approximate surface area is 64.2 Å². The number of phenolic OH excluding ortho intramolecular Hbond substituents is 1. The van der Waals surface area contributed by atoms with E-state index in [1.54, 1.807) is 25.1 Å². The number of hydrogen-bond acceptors (Lipinski definition) is 3. The smallest absolute Gasteiger partial charge is 0.238 e. The molecule has 0 amide bonds. The summed E-state index contributed by atoms with van der Waals surface area (Å²) in [7, 11) is 0. The summed E-state index contributed by atoms with van der Waals surface area (Å²) in [6, 6.07) is 4.80. The molecular weight excluding hydrogens is 144 g/mol. The molecule has 11 heavy (non-hydrogen) atoms. The standard InChI is InChI=1S/C8H8O3/c1-5-10-7-3-2-6(9)4-8(7)11-5/h2-5,9H,1H3/t5-/m1/s1. The predicted molar refractivity (Wildman–Crippen MR) is 38.8 cm³/mol. The molecular formula is C8H8O3. The van der Waals surface area contributed by atoms with Crippen LogP contribution < -0.4 is 9.47 Å². The maximum atomic E-state index is 9.05. The lowest BCUT2D eigenvalue weighted by atomic mass is 10.3. The van der Waals surface area contributed by atoms with Crippen molar-refractivity contribution >= 4 is 0 Å². The van der Waals surface area contributed by atoms with Gasteiger partial charge < -0.3 is 14.6 Å². The molecule has 1 heterocycles. The minimum absolute atomic E-state index is 0.196. The van der Waals surface area contributed by atoms with Crippen LogP contribution in [-0.4, -0.2) is 11.4 Å². The van der Waals surface area contributed by atoms with Gasteiger partial charge in [-0.1, -0.05) is 0 Å². The fourth-order valence-corrected chi connectivity index (χ4v) is 1.07. The van der Waals surface area contributed by atoms with Gasteiger partial charge in [-0.05, 0) is 12.1 Å². The summed E-state index contributed by atoms with van der Waals surface area (Å²) in [5.41, 5.74) is 0. The Hall–Kier alpha value is -1.38. The van der Waals surface area contributed by atoms with Crippen molar-refractivity contribution in [3.63, 3.8) is 0 Å². The van der Waals surface area contributed by atoms with Gasteiger partial charge in [0.25, 0.3) is 0 Å². The third kappa shape index (κ3) is 0.981. The summed E-state index contributed by atoms with van der Waals surface area (Å²) in [6.07, 6.45) is -0.244. The number of rotatable bonds is 0. The first kappa shape index (κ1) is 6.34. The van der Waals surface area contributed by atoms with E-state index in [1.807, 2.05) is 0 Å². The van der Waals surface area contributed by atoms with E-state index >= 15 is 0 Å². The number of ether oxygens (including phenoxy) is 2. The van der Waals surface area contributed by atoms with Crippen molar-refractivity contribution in [2.75, 3.05) is 0 Å². The van der Waals surface area contributed by atoms with Gasteiger partial charge in [0.2, 0.25) is 6.29 Å². The van der Waals surface area contributed by atoms with Crippen molar-refractivity contribution in [1.82, 2.24) is 0 Å². The highest BCUT2D eigenvalue weighted by atomic mass is 16.7. The molecule has 1 N–H and O–H groups in total. The Morgan fingerprint density at radius 1 is 1.27 bits per heavy atom. The summed E-state index contributed by atoms with van der Waals surface area (Å²) >= 11 is 0. The summed E-state index contributed by atoms with van der Waals surface area (Å²) in [6.45, 7) is 1.80. The second-order valence-electron chi connectivity index (χ2n) is 2.43. The van der Waals surface area contributed by atoms with Crippen molar-refractivity contribution in [2.24, 2.45) is 0 Å². The molecule has 3 nitrogen and oxygen atoms in total. The van der Waals surface area contributed by atoms with Crippen molar-refractivity contribution in [3.05, 3.63) is 18.2 Å². The second kappa shape index (κ2) is 2.05. The molecule has 0 fully saturated rings. The Bertz CT molecular complexity index is 283. The molecule has 0 bridgehead atoms. The normalized spacial score (nSPS) is 20.3. The Kier molecular flexibility index (Phi) is 1.18. The summed E-state index contributed by atoms with van der Waals surface area (Å²) in [5, 5.41) is 9.05. The van der Waals surface area contributed by atoms with Crippen LogP contribution in [0.2, 0.25) is 0 Å². The van der Waals surface area contributed by atoms with Crippen LogP contribution in [0.15, 0.2) is 18.2 Å². The van der Waals surface area contributed by atoms with Crippen molar-refractivity contribution in [3.8, 4) is 17.2 Å². The van der Waals surface area contributed by atoms with Gasteiger partial charge in [0.05, 0.1) is 0 Å². The zero-order valence-corrected chi connectivity index (χ0v) is 6.07. The highest BCUT2D eigenvalue weighted by Gasteiger charge is 2.19. The van der Waals surface area contributed by atoms with Gasteiger partial charge in [0.15, 0.2) is 11.5 Å². The van der Waals surface area contributed by atoms with Crippen molar-refractivity contribution in [2.45, 2.75) is 13.2 Å². The molecule has 0 spiro atoms. The molecule has 3 heteroatoms. The van der Waals surface area contributed by atoms with Crippen LogP contribution in [0.4, 0.5) is 0 Å². The Balaban J connectivity index is 2.43. The van der Waals surface area contributed by atoms with Gasteiger partial charge in [0.1, 0.15) is 5.75 Å². The molecule has 58 valence electrons. The first-order valence-electron chi connectivity index (χ1n) is 3.42. The first-order valence-corrected chi connectivity index (χ1v) is 3.42. The number of fused-ring (bicyclic) bond motifs is 1. The maximum absolute atomic E-state index is 9.05. The third-order valence-electron chi connectivity index (χ3n) is 1.51. The van der Waals surface area contributed by atoms with Crippen LogP contribution in [-0.2, 0) is 0 Å². The van der Waals surface area contributed by atoms with Gasteiger partial charge in [-0.25, -0.2) is 0 Å². The first-order chi connectivity index (χ1) is 5.25. The quantitative estimate of drug-likeness (QED) is 0.612. The molecule has 1 aromatic rings. The van der Waals surface area contributed by atoms with E-state index in [9.17, 15) is 0 Å². The Morgan fingerprint density at radius 3 is 2.82 bits per heavy atom. The molecule has 0 aromatic heterocycles. The minimum Gasteiger partial charge on any atom is -0.508 e. The van der Waals surface area contributed by atoms with E-state index in [0.717, 1.165) is 0 Å². The minimum atomic E-state index is -0.244. The van der Waals surface area contributed by atoms with Crippen LogP contribution in [0.5, 0.6) is 17.2 Å². The average molecular weight is 152 g/mol. The second-order valence-corrected chi connectivity index (χ2v) is 2.43. The summed E-state index contributed by atoms with van der Waals surface area (Å²) in [4.78, 5) is 0. The summed E-state index contributed by atoms with van der Waals surface area (Å²) < 4.78 is 10.4. The fourth-order valence-electron chi connectivity index (χ4n) is 1.07. The van der Waals surface area contributed by atoms with E-state index in [2.05, 4.69) is 0 Å². The largest absolute Gasteiger partial charge is 0.508 e. The molecule has 1 atom stereocenters. The van der Waals surface area contributed by atoms with Crippen LogP contribution in [0, 0.1) is 0 Å². The van der Waals surface area contributed by atoms with Crippen LogP contribution >= 0.6 is 0 Å². The van der Waals surface area contributed by atoms with E-state index in [0.29, 0.717) is 11.5 Å². The summed E-state index contributed by atoms with van der Waals surface area (Å²) in [5.74, 6) is 1.49. The lowest BCUT2D eigenvalue weighted by Gasteiger charge is -1.99. The maximum Gasteiger partial charge on any atom is 0.238 e. The van der Waals surface area contributed by atoms with Gasteiger partial charge in [-0.3, -0.25) is 0 Å². The lowest BCUT2D eigenvalue weighted by Crippen LogP contribution is -2.11. The highest BCUT2D eigenvalue weighted by Crippen LogP contribution is 2.36. The van der Waals surface area contributed by atoms with Gasteiger partial charge in [-0.15, -0.1) is 0 Å². The molecule has 0 aliphatic carbocycles. The molecule has 1 aromatic carbocycles. The molecule has 0 saturated carbocycles. The molecule has 2 rings (SSSR count). The van der Waals surface area contributed by atoms with E-state index in [1.165, 1.54) is 0 Å². The van der Waals surface area contributed by atoms with Crippen LogP contribution in [0.25, 0.3) is 0 Å². The predicted octanol–water partition coefficient (Wildman–Crippen LogP) is 1.51. The van der Waals surface area contributed by atoms with E-state index in [-0.39, 0.29) is 12.0 Å². The fraction of sp³-hybridized carbons (Fsp3) is 0.250. The van der Waals surface area contributed by atoms with Crippen molar-refractivity contribution < 1.29 is 14.6 Å². The molecule has 0 saturated heterocycles. The number of hydrogen-bond donors (Lipinski definition) is 1. The Morgan fingerprint density at radius 2 is 2.00 bits per heavy atom.